The molecule has 23 heavy (non-hydrogen) atoms. The number of hydrogen-bond donors (Lipinski definition) is 0. The smallest absolute Gasteiger partial charge is 0.203 e. The van der Waals surface area contributed by atoms with Gasteiger partial charge in [0.2, 0.25) is 5.43 Å². The Labute approximate surface area is 142 Å². The van der Waals surface area contributed by atoms with Gasteiger partial charge in [-0.3, -0.25) is 4.79 Å². The molecule has 118 valence electrons. The number of halogens is 2. The van der Waals surface area contributed by atoms with Gasteiger partial charge in [0.1, 0.15) is 5.82 Å². The maximum atomic E-state index is 13.8. The summed E-state index contributed by atoms with van der Waals surface area (Å²) in [6.45, 7) is 4.66. The number of rotatable bonds is 3. The van der Waals surface area contributed by atoms with Gasteiger partial charge in [-0.25, -0.2) is 4.39 Å². The van der Waals surface area contributed by atoms with Crippen LogP contribution in [0.5, 0.6) is 0 Å². The predicted octanol–water partition coefficient (Wildman–Crippen LogP) is 5.27. The molecule has 0 saturated carbocycles. The first-order valence-corrected chi connectivity index (χ1v) is 8.45. The quantitative estimate of drug-likeness (QED) is 0.643. The van der Waals surface area contributed by atoms with E-state index in [1.165, 1.54) is 23.9 Å². The molecule has 0 atom stereocenters. The van der Waals surface area contributed by atoms with E-state index in [1.807, 2.05) is 48.9 Å². The lowest BCUT2D eigenvalue weighted by atomic mass is 10.2. The van der Waals surface area contributed by atoms with Crippen LogP contribution in [0.2, 0.25) is 5.02 Å². The Hall–Kier alpha value is -1.78. The van der Waals surface area contributed by atoms with E-state index in [1.54, 1.807) is 0 Å². The van der Waals surface area contributed by atoms with Gasteiger partial charge >= 0.3 is 0 Å². The van der Waals surface area contributed by atoms with Crippen LogP contribution in [-0.2, 0) is 6.54 Å². The molecular weight excluding hydrogens is 333 g/mol. The fourth-order valence-corrected chi connectivity index (χ4v) is 3.49. The van der Waals surface area contributed by atoms with Gasteiger partial charge in [0.15, 0.2) is 0 Å². The summed E-state index contributed by atoms with van der Waals surface area (Å²) in [5, 5.41) is 0.379. The van der Waals surface area contributed by atoms with Crippen LogP contribution in [-0.4, -0.2) is 4.57 Å². The van der Waals surface area contributed by atoms with Crippen LogP contribution in [0.4, 0.5) is 4.39 Å². The zero-order chi connectivity index (χ0) is 16.6. The molecule has 2 aromatic carbocycles. The van der Waals surface area contributed by atoms with Gasteiger partial charge in [-0.15, -0.1) is 0 Å². The van der Waals surface area contributed by atoms with Gasteiger partial charge in [-0.1, -0.05) is 41.1 Å². The molecule has 0 saturated heterocycles. The first-order chi connectivity index (χ1) is 11.0. The van der Waals surface area contributed by atoms with Crippen molar-refractivity contribution in [2.45, 2.75) is 30.2 Å². The Morgan fingerprint density at radius 2 is 1.91 bits per heavy atom. The Morgan fingerprint density at radius 3 is 2.57 bits per heavy atom. The standard InChI is InChI=1S/C18H15ClFNOS/c1-3-21-10-17(23-12-6-4-11(2)5-7-12)18(22)13-8-15(20)14(19)9-16(13)21/h4-10H,3H2,1-2H3. The number of aryl methyl sites for hydroxylation is 2. The number of nitrogens with zero attached hydrogens (tertiary/aromatic N) is 1. The summed E-state index contributed by atoms with van der Waals surface area (Å²) in [5.41, 5.74) is 1.64. The third-order valence-electron chi connectivity index (χ3n) is 3.68. The normalized spacial score (nSPS) is 11.1. The fraction of sp³-hybridized carbons (Fsp3) is 0.167. The second-order valence-electron chi connectivity index (χ2n) is 5.31. The summed E-state index contributed by atoms with van der Waals surface area (Å²) < 4.78 is 15.7. The summed E-state index contributed by atoms with van der Waals surface area (Å²) in [6.07, 6.45) is 1.81. The minimum Gasteiger partial charge on any atom is -0.346 e. The van der Waals surface area contributed by atoms with Crippen molar-refractivity contribution in [3.8, 4) is 0 Å². The zero-order valence-corrected chi connectivity index (χ0v) is 14.3. The minimum absolute atomic E-state index is 0.0260. The number of pyridine rings is 1. The second kappa shape index (κ2) is 6.38. The molecule has 0 fully saturated rings. The highest BCUT2D eigenvalue weighted by atomic mass is 35.5. The highest BCUT2D eigenvalue weighted by molar-refractivity contribution is 7.99. The van der Waals surface area contributed by atoms with E-state index < -0.39 is 5.82 Å². The first-order valence-electron chi connectivity index (χ1n) is 7.26. The molecule has 1 heterocycles. The molecule has 2 nitrogen and oxygen atoms in total. The first kappa shape index (κ1) is 16.1. The lowest BCUT2D eigenvalue weighted by Crippen LogP contribution is -2.11. The van der Waals surface area contributed by atoms with Crippen LogP contribution in [0.3, 0.4) is 0 Å². The van der Waals surface area contributed by atoms with E-state index in [4.69, 9.17) is 11.6 Å². The summed E-state index contributed by atoms with van der Waals surface area (Å²) >= 11 is 7.25. The van der Waals surface area contributed by atoms with Crippen LogP contribution in [0.25, 0.3) is 10.9 Å². The molecule has 3 aromatic rings. The number of aromatic nitrogens is 1. The average Bonchev–Trinajstić information content (AvgIpc) is 2.54. The third-order valence-corrected chi connectivity index (χ3v) is 4.99. The number of benzene rings is 2. The summed E-state index contributed by atoms with van der Waals surface area (Å²) in [7, 11) is 0. The SMILES string of the molecule is CCn1cc(Sc2ccc(C)cc2)c(=O)c2cc(F)c(Cl)cc21. The van der Waals surface area contributed by atoms with Crippen molar-refractivity contribution in [3.63, 3.8) is 0 Å². The molecule has 0 bridgehead atoms. The molecule has 0 aliphatic rings. The van der Waals surface area contributed by atoms with Crippen molar-refractivity contribution in [2.75, 3.05) is 0 Å². The van der Waals surface area contributed by atoms with Gasteiger partial charge in [0.05, 0.1) is 15.4 Å². The van der Waals surface area contributed by atoms with Gasteiger partial charge in [0, 0.05) is 23.0 Å². The predicted molar refractivity (Wildman–Crippen MR) is 94.2 cm³/mol. The van der Waals surface area contributed by atoms with Gasteiger partial charge in [-0.2, -0.15) is 0 Å². The third kappa shape index (κ3) is 3.14. The topological polar surface area (TPSA) is 22.0 Å². The molecule has 3 rings (SSSR count). The Balaban J connectivity index is 2.17. The van der Waals surface area contributed by atoms with Crippen LogP contribution in [0.1, 0.15) is 12.5 Å². The van der Waals surface area contributed by atoms with Gasteiger partial charge in [0.25, 0.3) is 0 Å². The maximum absolute atomic E-state index is 13.8. The summed E-state index contributed by atoms with van der Waals surface area (Å²) in [6, 6.07) is 10.7. The molecular formula is C18H15ClFNOS. The molecule has 1 aromatic heterocycles. The van der Waals surface area contributed by atoms with Crippen LogP contribution < -0.4 is 5.43 Å². The van der Waals surface area contributed by atoms with Crippen molar-refractivity contribution >= 4 is 34.3 Å². The molecule has 0 amide bonds. The molecule has 0 spiro atoms. The molecule has 5 heteroatoms. The van der Waals surface area contributed by atoms with Crippen LogP contribution in [0, 0.1) is 12.7 Å². The highest BCUT2D eigenvalue weighted by Gasteiger charge is 2.13. The van der Waals surface area contributed by atoms with Crippen molar-refractivity contribution in [3.05, 3.63) is 69.2 Å². The van der Waals surface area contributed by atoms with E-state index in [2.05, 4.69) is 0 Å². The Bertz CT molecular complexity index is 934. The van der Waals surface area contributed by atoms with Crippen LogP contribution >= 0.6 is 23.4 Å². The highest BCUT2D eigenvalue weighted by Crippen LogP contribution is 2.28. The van der Waals surface area contributed by atoms with Crippen LogP contribution in [0.15, 0.2) is 57.2 Å². The van der Waals surface area contributed by atoms with Crippen molar-refractivity contribution in [1.29, 1.82) is 0 Å². The van der Waals surface area contributed by atoms with E-state index in [0.717, 1.165) is 10.5 Å². The van der Waals surface area contributed by atoms with E-state index >= 15 is 0 Å². The number of hydrogen-bond acceptors (Lipinski definition) is 2. The average molecular weight is 348 g/mol. The zero-order valence-electron chi connectivity index (χ0n) is 12.8. The lowest BCUT2D eigenvalue weighted by Gasteiger charge is -2.12. The second-order valence-corrected chi connectivity index (χ2v) is 6.83. The minimum atomic E-state index is -0.573. The van der Waals surface area contributed by atoms with Gasteiger partial charge in [-0.05, 0) is 38.1 Å². The monoisotopic (exact) mass is 347 g/mol. The molecule has 0 aliphatic carbocycles. The van der Waals surface area contributed by atoms with Crippen molar-refractivity contribution in [2.24, 2.45) is 0 Å². The fourth-order valence-electron chi connectivity index (χ4n) is 2.43. The van der Waals surface area contributed by atoms with E-state index in [-0.39, 0.29) is 10.5 Å². The van der Waals surface area contributed by atoms with Crippen molar-refractivity contribution < 1.29 is 4.39 Å². The van der Waals surface area contributed by atoms with Gasteiger partial charge < -0.3 is 4.57 Å². The maximum Gasteiger partial charge on any atom is 0.203 e. The van der Waals surface area contributed by atoms with E-state index in [9.17, 15) is 9.18 Å². The lowest BCUT2D eigenvalue weighted by molar-refractivity contribution is 0.629. The van der Waals surface area contributed by atoms with E-state index in [0.29, 0.717) is 22.3 Å². The largest absolute Gasteiger partial charge is 0.346 e. The molecule has 0 radical (unpaired) electrons. The molecule has 0 unspecified atom stereocenters. The Morgan fingerprint density at radius 1 is 1.22 bits per heavy atom. The Kier molecular flexibility index (Phi) is 4.46. The molecule has 0 aliphatic heterocycles. The van der Waals surface area contributed by atoms with Crippen molar-refractivity contribution in [1.82, 2.24) is 4.57 Å². The summed E-state index contributed by atoms with van der Waals surface area (Å²) in [5.74, 6) is -0.573. The number of fused-ring (bicyclic) bond motifs is 1. The summed E-state index contributed by atoms with van der Waals surface area (Å²) in [4.78, 5) is 14.2. The molecule has 0 N–H and O–H groups in total.